The second-order valence-corrected chi connectivity index (χ2v) is 6.49. The van der Waals surface area contributed by atoms with Gasteiger partial charge in [0.15, 0.2) is 16.6 Å². The molecule has 0 aromatic carbocycles. The summed E-state index contributed by atoms with van der Waals surface area (Å²) in [6.45, 7) is 8.19. The minimum Gasteiger partial charge on any atom is -0.484 e. The van der Waals surface area contributed by atoms with E-state index in [1.165, 1.54) is 11.5 Å². The van der Waals surface area contributed by atoms with Crippen molar-refractivity contribution >= 4 is 28.3 Å². The number of nitrogens with zero attached hydrogens (tertiary/aromatic N) is 2. The summed E-state index contributed by atoms with van der Waals surface area (Å²) in [5.74, 6) is 1.78. The van der Waals surface area contributed by atoms with Crippen LogP contribution < -0.4 is 20.7 Å². The Morgan fingerprint density at radius 2 is 2.19 bits per heavy atom. The van der Waals surface area contributed by atoms with E-state index >= 15 is 0 Å². The van der Waals surface area contributed by atoms with E-state index in [9.17, 15) is 4.79 Å². The van der Waals surface area contributed by atoms with Crippen molar-refractivity contribution in [3.63, 3.8) is 0 Å². The van der Waals surface area contributed by atoms with E-state index < -0.39 is 0 Å². The first-order valence-electron chi connectivity index (χ1n) is 7.38. The first-order valence-corrected chi connectivity index (χ1v) is 8.16. The number of aromatic nitrogens is 1. The molecule has 1 aromatic heterocycles. The second-order valence-electron chi connectivity index (χ2n) is 5.74. The Kier molecular flexibility index (Phi) is 5.27. The number of hydrogen-bond acceptors (Lipinski definition) is 6. The molecule has 1 fully saturated rings. The van der Waals surface area contributed by atoms with Crippen molar-refractivity contribution in [3.05, 3.63) is 0 Å². The Balaban J connectivity index is 1.94. The number of nitrogens with one attached hydrogen (secondary N) is 1. The average molecular weight is 312 g/mol. The first kappa shape index (κ1) is 15.9. The van der Waals surface area contributed by atoms with Crippen molar-refractivity contribution in [1.29, 1.82) is 0 Å². The first-order chi connectivity index (χ1) is 9.97. The molecule has 0 radical (unpaired) electrons. The Labute approximate surface area is 129 Å². The SMILES string of the molecule is CC(=O)NCC1CCN(c2snc(N)c2OC(C)C)CC1. The molecule has 0 saturated carbocycles. The third-order valence-corrected chi connectivity index (χ3v) is 4.46. The Morgan fingerprint density at radius 1 is 1.52 bits per heavy atom. The molecule has 1 aliphatic heterocycles. The molecule has 0 atom stereocenters. The molecular formula is C14H24N4O2S. The molecule has 1 saturated heterocycles. The fourth-order valence-corrected chi connectivity index (χ4v) is 3.26. The van der Waals surface area contributed by atoms with Crippen LogP contribution in [0, 0.1) is 5.92 Å². The summed E-state index contributed by atoms with van der Waals surface area (Å²) in [5, 5.41) is 3.93. The maximum absolute atomic E-state index is 11.0. The van der Waals surface area contributed by atoms with Gasteiger partial charge in [0.1, 0.15) is 0 Å². The molecule has 2 rings (SSSR count). The molecule has 118 valence electrons. The van der Waals surface area contributed by atoms with Crippen LogP contribution in [0.25, 0.3) is 0 Å². The lowest BCUT2D eigenvalue weighted by molar-refractivity contribution is -0.119. The summed E-state index contributed by atoms with van der Waals surface area (Å²) in [4.78, 5) is 13.3. The molecule has 0 bridgehead atoms. The van der Waals surface area contributed by atoms with E-state index in [1.54, 1.807) is 6.92 Å². The summed E-state index contributed by atoms with van der Waals surface area (Å²) >= 11 is 1.40. The summed E-state index contributed by atoms with van der Waals surface area (Å²) in [6.07, 6.45) is 2.19. The molecule has 1 amide bonds. The van der Waals surface area contributed by atoms with Crippen LogP contribution in [0.4, 0.5) is 10.8 Å². The number of ether oxygens (including phenoxy) is 1. The van der Waals surface area contributed by atoms with Crippen molar-refractivity contribution in [2.45, 2.75) is 39.7 Å². The van der Waals surface area contributed by atoms with Crippen LogP contribution in [-0.4, -0.2) is 36.0 Å². The number of rotatable bonds is 5. The van der Waals surface area contributed by atoms with Crippen molar-refractivity contribution in [2.24, 2.45) is 5.92 Å². The molecule has 21 heavy (non-hydrogen) atoms. The molecule has 7 heteroatoms. The zero-order valence-corrected chi connectivity index (χ0v) is 13.7. The quantitative estimate of drug-likeness (QED) is 0.867. The lowest BCUT2D eigenvalue weighted by atomic mass is 9.97. The monoisotopic (exact) mass is 312 g/mol. The fourth-order valence-electron chi connectivity index (χ4n) is 2.46. The molecule has 2 heterocycles. The maximum atomic E-state index is 11.0. The van der Waals surface area contributed by atoms with Gasteiger partial charge in [-0.2, -0.15) is 4.37 Å². The number of carbonyl (C=O) groups is 1. The van der Waals surface area contributed by atoms with Crippen LogP contribution in [0.15, 0.2) is 0 Å². The van der Waals surface area contributed by atoms with Crippen LogP contribution in [0.1, 0.15) is 33.6 Å². The van der Waals surface area contributed by atoms with Crippen LogP contribution in [-0.2, 0) is 4.79 Å². The van der Waals surface area contributed by atoms with Gasteiger partial charge in [0.2, 0.25) is 5.91 Å². The van der Waals surface area contributed by atoms with Crippen molar-refractivity contribution in [2.75, 3.05) is 30.3 Å². The molecule has 1 aromatic rings. The van der Waals surface area contributed by atoms with E-state index in [-0.39, 0.29) is 12.0 Å². The van der Waals surface area contributed by atoms with E-state index in [0.29, 0.717) is 11.7 Å². The Morgan fingerprint density at radius 3 is 2.76 bits per heavy atom. The highest BCUT2D eigenvalue weighted by Crippen LogP contribution is 2.40. The highest BCUT2D eigenvalue weighted by atomic mass is 32.1. The lowest BCUT2D eigenvalue weighted by Gasteiger charge is -2.32. The molecule has 0 spiro atoms. The smallest absolute Gasteiger partial charge is 0.216 e. The average Bonchev–Trinajstić information content (AvgIpc) is 2.78. The number of nitrogens with two attached hydrogens (primary N) is 1. The predicted molar refractivity (Wildman–Crippen MR) is 85.9 cm³/mol. The van der Waals surface area contributed by atoms with Crippen molar-refractivity contribution in [3.8, 4) is 5.75 Å². The van der Waals surface area contributed by atoms with Crippen molar-refractivity contribution < 1.29 is 9.53 Å². The summed E-state index contributed by atoms with van der Waals surface area (Å²) < 4.78 is 10.0. The zero-order valence-electron chi connectivity index (χ0n) is 12.9. The second kappa shape index (κ2) is 6.98. The summed E-state index contributed by atoms with van der Waals surface area (Å²) in [6, 6.07) is 0. The topological polar surface area (TPSA) is 80.5 Å². The fraction of sp³-hybridized carbons (Fsp3) is 0.714. The predicted octanol–water partition coefficient (Wildman–Crippen LogP) is 1.86. The number of amides is 1. The van der Waals surface area contributed by atoms with Gasteiger partial charge in [0.05, 0.1) is 6.10 Å². The highest BCUT2D eigenvalue weighted by molar-refractivity contribution is 7.11. The number of piperidine rings is 1. The largest absolute Gasteiger partial charge is 0.484 e. The lowest BCUT2D eigenvalue weighted by Crippen LogP contribution is -2.38. The Bertz CT molecular complexity index is 481. The minimum absolute atomic E-state index is 0.0419. The van der Waals surface area contributed by atoms with Crippen LogP contribution in [0.2, 0.25) is 0 Å². The van der Waals surface area contributed by atoms with Crippen LogP contribution in [0.3, 0.4) is 0 Å². The maximum Gasteiger partial charge on any atom is 0.216 e. The van der Waals surface area contributed by atoms with Gasteiger partial charge in [-0.3, -0.25) is 4.79 Å². The Hall–Kier alpha value is -1.50. The number of hydrogen-bond donors (Lipinski definition) is 2. The minimum atomic E-state index is 0.0419. The van der Waals surface area contributed by atoms with Crippen molar-refractivity contribution in [1.82, 2.24) is 9.69 Å². The van der Waals surface area contributed by atoms with E-state index in [0.717, 1.165) is 43.2 Å². The van der Waals surface area contributed by atoms with Gasteiger partial charge in [-0.05, 0) is 44.1 Å². The molecule has 3 N–H and O–H groups in total. The molecular weight excluding hydrogens is 288 g/mol. The van der Waals surface area contributed by atoms with E-state index in [4.69, 9.17) is 10.5 Å². The molecule has 0 aliphatic carbocycles. The standard InChI is InChI=1S/C14H24N4O2S/c1-9(2)20-12-13(15)17-21-14(12)18-6-4-11(5-7-18)8-16-10(3)19/h9,11H,4-8H2,1-3H3,(H2,15,17)(H,16,19). The van der Waals surface area contributed by atoms with Gasteiger partial charge >= 0.3 is 0 Å². The van der Waals surface area contributed by atoms with Gasteiger partial charge < -0.3 is 20.7 Å². The van der Waals surface area contributed by atoms with E-state index in [2.05, 4.69) is 14.6 Å². The third-order valence-electron chi connectivity index (χ3n) is 3.55. The third kappa shape index (κ3) is 4.23. The molecule has 1 aliphatic rings. The van der Waals surface area contributed by atoms with Gasteiger partial charge in [0, 0.05) is 26.6 Å². The van der Waals surface area contributed by atoms with Crippen LogP contribution >= 0.6 is 11.5 Å². The van der Waals surface area contributed by atoms with Gasteiger partial charge in [0.25, 0.3) is 0 Å². The van der Waals surface area contributed by atoms with E-state index in [1.807, 2.05) is 13.8 Å². The van der Waals surface area contributed by atoms with Crippen LogP contribution in [0.5, 0.6) is 5.75 Å². The summed E-state index contributed by atoms with van der Waals surface area (Å²) in [5.41, 5.74) is 5.90. The highest BCUT2D eigenvalue weighted by Gasteiger charge is 2.25. The molecule has 0 unspecified atom stereocenters. The number of anilines is 2. The molecule has 6 nitrogen and oxygen atoms in total. The summed E-state index contributed by atoms with van der Waals surface area (Å²) in [7, 11) is 0. The number of carbonyl (C=O) groups excluding carboxylic acids is 1. The van der Waals surface area contributed by atoms with Gasteiger partial charge in [-0.25, -0.2) is 0 Å². The normalized spacial score (nSPS) is 16.3. The van der Waals surface area contributed by atoms with Gasteiger partial charge in [-0.15, -0.1) is 0 Å². The van der Waals surface area contributed by atoms with Gasteiger partial charge in [-0.1, -0.05) is 0 Å². The number of nitrogen functional groups attached to an aromatic ring is 1. The zero-order chi connectivity index (χ0) is 15.4.